The highest BCUT2D eigenvalue weighted by atomic mass is 15.1. The largest absolute Gasteiger partial charge is 0.309 e. The Balaban J connectivity index is 1.17. The number of fused-ring (bicyclic) bond motifs is 6. The van der Waals surface area contributed by atoms with Crippen molar-refractivity contribution in [2.24, 2.45) is 0 Å². The van der Waals surface area contributed by atoms with Crippen molar-refractivity contribution in [3.63, 3.8) is 0 Å². The molecule has 10 rings (SSSR count). The fourth-order valence-electron chi connectivity index (χ4n) is 7.79. The summed E-state index contributed by atoms with van der Waals surface area (Å²) in [7, 11) is 0. The zero-order chi connectivity index (χ0) is 36.2. The van der Waals surface area contributed by atoms with Crippen LogP contribution >= 0.6 is 0 Å². The highest BCUT2D eigenvalue weighted by Gasteiger charge is 2.18. The molecule has 0 atom stereocenters. The summed E-state index contributed by atoms with van der Waals surface area (Å²) in [5, 5.41) is 14.2. The number of pyridine rings is 1. The predicted molar refractivity (Wildman–Crippen MR) is 220 cm³/mol. The van der Waals surface area contributed by atoms with E-state index in [-0.39, 0.29) is 0 Å². The molecule has 3 aromatic heterocycles. The van der Waals surface area contributed by atoms with Crippen LogP contribution in [0.15, 0.2) is 176 Å². The molecule has 0 amide bonds. The lowest BCUT2D eigenvalue weighted by molar-refractivity contribution is 1.08. The average molecular weight is 688 g/mol. The van der Waals surface area contributed by atoms with Crippen molar-refractivity contribution in [3.8, 4) is 51.1 Å². The van der Waals surface area contributed by atoms with Crippen molar-refractivity contribution < 1.29 is 0 Å². The number of rotatable bonds is 5. The van der Waals surface area contributed by atoms with Gasteiger partial charge in [-0.1, -0.05) is 109 Å². The summed E-state index contributed by atoms with van der Waals surface area (Å²) in [5.74, 6) is 0.786. The van der Waals surface area contributed by atoms with E-state index in [0.717, 1.165) is 66.8 Å². The number of para-hydroxylation sites is 3. The van der Waals surface area contributed by atoms with Gasteiger partial charge in [0.25, 0.3) is 0 Å². The topological polar surface area (TPSA) is 50.9 Å². The standard InChI is InChI=1S/C49H29N5/c1-51-38-23-19-33(20-24-38)37-28-44(34-17-15-32(31-50)16-18-34)52-49(30-37)54-46-14-8-6-12-41(46)43-27-35(22-26-47(43)54)36-21-25-42-40-11-5-7-13-45(40)53(48(42)29-36)39-9-3-2-4-10-39/h2-30H. The summed E-state index contributed by atoms with van der Waals surface area (Å²) >= 11 is 0. The monoisotopic (exact) mass is 687 g/mol. The normalized spacial score (nSPS) is 11.3. The van der Waals surface area contributed by atoms with Gasteiger partial charge >= 0.3 is 0 Å². The van der Waals surface area contributed by atoms with Gasteiger partial charge < -0.3 is 4.57 Å². The van der Waals surface area contributed by atoms with E-state index in [1.165, 1.54) is 21.8 Å². The quantitative estimate of drug-likeness (QED) is 0.169. The third-order valence-electron chi connectivity index (χ3n) is 10.4. The summed E-state index contributed by atoms with van der Waals surface area (Å²) < 4.78 is 4.60. The third-order valence-corrected chi connectivity index (χ3v) is 10.4. The zero-order valence-corrected chi connectivity index (χ0v) is 29.0. The Hall–Kier alpha value is -7.73. The Kier molecular flexibility index (Phi) is 7.18. The van der Waals surface area contributed by atoms with E-state index in [4.69, 9.17) is 11.6 Å². The molecule has 0 aliphatic carbocycles. The average Bonchev–Trinajstić information content (AvgIpc) is 3.76. The first-order valence-electron chi connectivity index (χ1n) is 17.8. The van der Waals surface area contributed by atoms with Gasteiger partial charge in [0.2, 0.25) is 0 Å². The second-order valence-corrected chi connectivity index (χ2v) is 13.5. The molecule has 0 saturated heterocycles. The van der Waals surface area contributed by atoms with E-state index in [2.05, 4.69) is 147 Å². The number of benzene rings is 7. The van der Waals surface area contributed by atoms with Crippen LogP contribution in [0.25, 0.3) is 93.5 Å². The van der Waals surface area contributed by atoms with Crippen molar-refractivity contribution in [1.82, 2.24) is 14.1 Å². The summed E-state index contributed by atoms with van der Waals surface area (Å²) in [6.45, 7) is 7.44. The van der Waals surface area contributed by atoms with Gasteiger partial charge in [-0.05, 0) is 89.0 Å². The Labute approximate surface area is 311 Å². The lowest BCUT2D eigenvalue weighted by Crippen LogP contribution is -2.00. The van der Waals surface area contributed by atoms with Gasteiger partial charge in [-0.25, -0.2) is 9.83 Å². The molecule has 0 spiro atoms. The Morgan fingerprint density at radius 1 is 0.463 bits per heavy atom. The number of hydrogen-bond acceptors (Lipinski definition) is 2. The number of hydrogen-bond donors (Lipinski definition) is 0. The molecule has 5 heteroatoms. The summed E-state index contributed by atoms with van der Waals surface area (Å²) in [6, 6.07) is 62.9. The third kappa shape index (κ3) is 5.04. The lowest BCUT2D eigenvalue weighted by atomic mass is 10.0. The predicted octanol–water partition coefficient (Wildman–Crippen LogP) is 12.7. The van der Waals surface area contributed by atoms with Crippen molar-refractivity contribution in [2.45, 2.75) is 0 Å². The first-order chi connectivity index (χ1) is 26.7. The molecule has 0 N–H and O–H groups in total. The SMILES string of the molecule is [C-]#[N+]c1ccc(-c2cc(-c3ccc(C#N)cc3)nc(-n3c4ccccc4c4cc(-c5ccc6c7ccccc7n(-c7ccccc7)c6c5)ccc43)c2)cc1. The molecule has 250 valence electrons. The van der Waals surface area contributed by atoms with Gasteiger partial charge in [-0.2, -0.15) is 5.26 Å². The van der Waals surface area contributed by atoms with Gasteiger partial charge in [0, 0.05) is 32.8 Å². The van der Waals surface area contributed by atoms with Crippen LogP contribution in [-0.4, -0.2) is 14.1 Å². The van der Waals surface area contributed by atoms with Crippen molar-refractivity contribution in [1.29, 1.82) is 5.26 Å². The number of nitriles is 1. The Morgan fingerprint density at radius 3 is 1.80 bits per heavy atom. The highest BCUT2D eigenvalue weighted by molar-refractivity contribution is 6.12. The minimum absolute atomic E-state index is 0.597. The molecule has 0 aliphatic rings. The summed E-state index contributed by atoms with van der Waals surface area (Å²) in [6.07, 6.45) is 0. The van der Waals surface area contributed by atoms with Gasteiger partial charge in [-0.15, -0.1) is 0 Å². The molecule has 0 fully saturated rings. The molecule has 3 heterocycles. The van der Waals surface area contributed by atoms with Crippen LogP contribution in [0.4, 0.5) is 5.69 Å². The Morgan fingerprint density at radius 2 is 1.06 bits per heavy atom. The second kappa shape index (κ2) is 12.5. The molecule has 7 aromatic carbocycles. The fraction of sp³-hybridized carbons (Fsp3) is 0. The van der Waals surface area contributed by atoms with Crippen LogP contribution in [0.5, 0.6) is 0 Å². The maximum absolute atomic E-state index is 9.44. The minimum Gasteiger partial charge on any atom is -0.309 e. The molecule has 5 nitrogen and oxygen atoms in total. The van der Waals surface area contributed by atoms with Crippen LogP contribution < -0.4 is 0 Å². The first kappa shape index (κ1) is 31.0. The molecule has 0 aliphatic heterocycles. The summed E-state index contributed by atoms with van der Waals surface area (Å²) in [4.78, 5) is 8.85. The zero-order valence-electron chi connectivity index (χ0n) is 29.0. The second-order valence-electron chi connectivity index (χ2n) is 13.5. The van der Waals surface area contributed by atoms with Crippen molar-refractivity contribution in [2.75, 3.05) is 0 Å². The van der Waals surface area contributed by atoms with Gasteiger partial charge in [-0.3, -0.25) is 4.57 Å². The van der Waals surface area contributed by atoms with Crippen LogP contribution in [0, 0.1) is 17.9 Å². The Bertz CT molecular complexity index is 3080. The fourth-order valence-corrected chi connectivity index (χ4v) is 7.79. The minimum atomic E-state index is 0.597. The van der Waals surface area contributed by atoms with Crippen LogP contribution in [0.3, 0.4) is 0 Å². The van der Waals surface area contributed by atoms with Gasteiger partial charge in [0.05, 0.1) is 46.0 Å². The van der Waals surface area contributed by atoms with E-state index < -0.39 is 0 Å². The van der Waals surface area contributed by atoms with Crippen molar-refractivity contribution in [3.05, 3.63) is 193 Å². The summed E-state index contributed by atoms with van der Waals surface area (Å²) in [5.41, 5.74) is 12.8. The maximum Gasteiger partial charge on any atom is 0.187 e. The molecule has 10 aromatic rings. The van der Waals surface area contributed by atoms with E-state index in [9.17, 15) is 5.26 Å². The molecule has 0 unspecified atom stereocenters. The molecular formula is C49H29N5. The van der Waals surface area contributed by atoms with E-state index in [0.29, 0.717) is 11.3 Å². The highest BCUT2D eigenvalue weighted by Crippen LogP contribution is 2.39. The van der Waals surface area contributed by atoms with E-state index >= 15 is 0 Å². The molecule has 0 saturated carbocycles. The first-order valence-corrected chi connectivity index (χ1v) is 17.8. The maximum atomic E-state index is 9.44. The van der Waals surface area contributed by atoms with Crippen molar-refractivity contribution >= 4 is 49.3 Å². The van der Waals surface area contributed by atoms with Crippen LogP contribution in [0.1, 0.15) is 5.56 Å². The number of nitrogens with zero attached hydrogens (tertiary/aromatic N) is 5. The molecular weight excluding hydrogens is 659 g/mol. The number of aromatic nitrogens is 3. The lowest BCUT2D eigenvalue weighted by Gasteiger charge is -2.13. The molecule has 54 heavy (non-hydrogen) atoms. The molecule has 0 radical (unpaired) electrons. The smallest absolute Gasteiger partial charge is 0.187 e. The van der Waals surface area contributed by atoms with Gasteiger partial charge in [0.1, 0.15) is 5.82 Å². The van der Waals surface area contributed by atoms with Crippen LogP contribution in [0.2, 0.25) is 0 Å². The van der Waals surface area contributed by atoms with Gasteiger partial charge in [0.15, 0.2) is 5.69 Å². The van der Waals surface area contributed by atoms with E-state index in [1.54, 1.807) is 0 Å². The van der Waals surface area contributed by atoms with E-state index in [1.807, 2.05) is 48.5 Å². The molecule has 0 bridgehead atoms. The van der Waals surface area contributed by atoms with Crippen LogP contribution in [-0.2, 0) is 0 Å².